The SMILES string of the molecule is N#C/C(=C\c1cc([N+](=O)[O-])ccc1N1CCOCC1)C(=O)NCCc1c[nH]c2ccccc12. The summed E-state index contributed by atoms with van der Waals surface area (Å²) in [7, 11) is 0. The standard InChI is InChI=1S/C24H23N5O4/c25-15-19(24(30)26-8-7-17-16-27-22-4-2-1-3-21(17)22)13-18-14-20(29(31)32)5-6-23(18)28-9-11-33-12-10-28/h1-6,13-14,16,27H,7-12H2,(H,26,30)/b19-13+. The van der Waals surface area contributed by atoms with Crippen LogP contribution in [-0.4, -0.2) is 48.7 Å². The number of ether oxygens (including phenoxy) is 1. The number of non-ortho nitro benzene ring substituents is 1. The van der Waals surface area contributed by atoms with E-state index < -0.39 is 10.8 Å². The molecular formula is C24H23N5O4. The van der Waals surface area contributed by atoms with Crippen LogP contribution >= 0.6 is 0 Å². The predicted molar refractivity (Wildman–Crippen MR) is 125 cm³/mol. The lowest BCUT2D eigenvalue weighted by Crippen LogP contribution is -2.36. The summed E-state index contributed by atoms with van der Waals surface area (Å²) in [5.41, 5.74) is 3.07. The van der Waals surface area contributed by atoms with Crippen molar-refractivity contribution in [3.05, 3.63) is 75.5 Å². The Morgan fingerprint density at radius 1 is 1.27 bits per heavy atom. The number of morpholine rings is 1. The van der Waals surface area contributed by atoms with Crippen LogP contribution in [0.4, 0.5) is 11.4 Å². The number of nitrogens with zero attached hydrogens (tertiary/aromatic N) is 3. The van der Waals surface area contributed by atoms with Crippen LogP contribution in [0, 0.1) is 21.4 Å². The fraction of sp³-hybridized carbons (Fsp3) is 0.250. The average Bonchev–Trinajstić information content (AvgIpc) is 3.26. The molecular weight excluding hydrogens is 422 g/mol. The third-order valence-electron chi connectivity index (χ3n) is 5.59. The summed E-state index contributed by atoms with van der Waals surface area (Å²) in [6.07, 6.45) is 3.93. The maximum atomic E-state index is 12.7. The van der Waals surface area contributed by atoms with E-state index in [-0.39, 0.29) is 11.3 Å². The lowest BCUT2D eigenvalue weighted by atomic mass is 10.1. The van der Waals surface area contributed by atoms with Crippen molar-refractivity contribution in [3.8, 4) is 6.07 Å². The number of benzene rings is 2. The highest BCUT2D eigenvalue weighted by Gasteiger charge is 2.19. The van der Waals surface area contributed by atoms with Crippen molar-refractivity contribution in [2.24, 2.45) is 0 Å². The van der Waals surface area contributed by atoms with E-state index in [1.807, 2.05) is 41.4 Å². The molecule has 9 nitrogen and oxygen atoms in total. The molecule has 4 rings (SSSR count). The molecule has 33 heavy (non-hydrogen) atoms. The van der Waals surface area contributed by atoms with Gasteiger partial charge in [-0.3, -0.25) is 14.9 Å². The molecule has 168 valence electrons. The highest BCUT2D eigenvalue weighted by Crippen LogP contribution is 2.28. The molecule has 0 radical (unpaired) electrons. The number of anilines is 1. The van der Waals surface area contributed by atoms with Gasteiger partial charge in [-0.1, -0.05) is 18.2 Å². The van der Waals surface area contributed by atoms with Crippen molar-refractivity contribution < 1.29 is 14.5 Å². The van der Waals surface area contributed by atoms with Crippen LogP contribution in [-0.2, 0) is 16.0 Å². The van der Waals surface area contributed by atoms with Gasteiger partial charge < -0.3 is 19.9 Å². The number of amides is 1. The van der Waals surface area contributed by atoms with Gasteiger partial charge in [0.25, 0.3) is 11.6 Å². The Morgan fingerprint density at radius 2 is 2.06 bits per heavy atom. The predicted octanol–water partition coefficient (Wildman–Crippen LogP) is 3.18. The number of aromatic amines is 1. The van der Waals surface area contributed by atoms with E-state index >= 15 is 0 Å². The molecule has 1 saturated heterocycles. The second kappa shape index (κ2) is 9.97. The van der Waals surface area contributed by atoms with E-state index in [0.717, 1.165) is 22.2 Å². The highest BCUT2D eigenvalue weighted by molar-refractivity contribution is 6.02. The summed E-state index contributed by atoms with van der Waals surface area (Å²) in [6.45, 7) is 2.68. The Labute approximate surface area is 190 Å². The molecule has 3 aromatic rings. The third-order valence-corrected chi connectivity index (χ3v) is 5.59. The maximum absolute atomic E-state index is 12.7. The number of H-pyrrole nitrogens is 1. The normalized spacial score (nSPS) is 14.2. The zero-order valence-electron chi connectivity index (χ0n) is 17.9. The summed E-state index contributed by atoms with van der Waals surface area (Å²) >= 11 is 0. The van der Waals surface area contributed by atoms with E-state index in [1.54, 1.807) is 6.07 Å². The van der Waals surface area contributed by atoms with Crippen molar-refractivity contribution in [1.82, 2.24) is 10.3 Å². The second-order valence-corrected chi connectivity index (χ2v) is 7.63. The Morgan fingerprint density at radius 3 is 2.82 bits per heavy atom. The molecule has 0 unspecified atom stereocenters. The van der Waals surface area contributed by atoms with Gasteiger partial charge in [-0.25, -0.2) is 0 Å². The molecule has 0 aliphatic carbocycles. The van der Waals surface area contributed by atoms with Crippen LogP contribution in [0.5, 0.6) is 0 Å². The molecule has 0 saturated carbocycles. The van der Waals surface area contributed by atoms with E-state index in [4.69, 9.17) is 4.74 Å². The topological polar surface area (TPSA) is 124 Å². The van der Waals surface area contributed by atoms with Gasteiger partial charge in [0.05, 0.1) is 18.1 Å². The fourth-order valence-electron chi connectivity index (χ4n) is 3.91. The molecule has 1 aliphatic heterocycles. The first-order chi connectivity index (χ1) is 16.1. The van der Waals surface area contributed by atoms with Gasteiger partial charge in [0.1, 0.15) is 11.6 Å². The first-order valence-corrected chi connectivity index (χ1v) is 10.6. The Balaban J connectivity index is 1.52. The molecule has 0 spiro atoms. The van der Waals surface area contributed by atoms with E-state index in [9.17, 15) is 20.2 Å². The molecule has 2 heterocycles. The Hall–Kier alpha value is -4.16. The van der Waals surface area contributed by atoms with Crippen LogP contribution in [0.15, 0.2) is 54.2 Å². The minimum atomic E-state index is -0.517. The van der Waals surface area contributed by atoms with E-state index in [0.29, 0.717) is 44.8 Å². The van der Waals surface area contributed by atoms with Crippen molar-refractivity contribution in [2.45, 2.75) is 6.42 Å². The molecule has 1 aliphatic rings. The molecule has 1 fully saturated rings. The van der Waals surface area contributed by atoms with Crippen LogP contribution in [0.3, 0.4) is 0 Å². The number of aromatic nitrogens is 1. The molecule has 0 atom stereocenters. The van der Waals surface area contributed by atoms with E-state index in [1.165, 1.54) is 18.2 Å². The molecule has 2 aromatic carbocycles. The highest BCUT2D eigenvalue weighted by atomic mass is 16.6. The van der Waals surface area contributed by atoms with Crippen molar-refractivity contribution in [3.63, 3.8) is 0 Å². The molecule has 2 N–H and O–H groups in total. The van der Waals surface area contributed by atoms with Gasteiger partial charge in [-0.2, -0.15) is 5.26 Å². The minimum Gasteiger partial charge on any atom is -0.378 e. The smallest absolute Gasteiger partial charge is 0.270 e. The largest absolute Gasteiger partial charge is 0.378 e. The average molecular weight is 445 g/mol. The number of nitriles is 1. The Kier molecular flexibility index (Phi) is 6.66. The number of para-hydroxylation sites is 1. The number of rotatable bonds is 7. The first kappa shape index (κ1) is 22.0. The molecule has 9 heteroatoms. The van der Waals surface area contributed by atoms with Gasteiger partial charge >= 0.3 is 0 Å². The summed E-state index contributed by atoms with van der Waals surface area (Å²) < 4.78 is 5.38. The molecule has 0 bridgehead atoms. The lowest BCUT2D eigenvalue weighted by molar-refractivity contribution is -0.384. The van der Waals surface area contributed by atoms with Gasteiger partial charge in [0, 0.05) is 60.1 Å². The quantitative estimate of drug-likeness (QED) is 0.249. The number of nitro benzene ring substituents is 1. The van der Waals surface area contributed by atoms with Gasteiger partial charge in [-0.15, -0.1) is 0 Å². The number of hydrogen-bond donors (Lipinski definition) is 2. The number of fused-ring (bicyclic) bond motifs is 1. The van der Waals surface area contributed by atoms with Crippen molar-refractivity contribution in [1.29, 1.82) is 5.26 Å². The monoisotopic (exact) mass is 445 g/mol. The van der Waals surface area contributed by atoms with Gasteiger partial charge in [0.2, 0.25) is 0 Å². The molecule has 1 aromatic heterocycles. The van der Waals surface area contributed by atoms with Crippen LogP contribution in [0.25, 0.3) is 17.0 Å². The zero-order valence-corrected chi connectivity index (χ0v) is 17.9. The summed E-state index contributed by atoms with van der Waals surface area (Å²) in [5, 5.41) is 24.8. The van der Waals surface area contributed by atoms with Crippen molar-refractivity contribution >= 4 is 34.3 Å². The van der Waals surface area contributed by atoms with Crippen molar-refractivity contribution in [2.75, 3.05) is 37.7 Å². The zero-order chi connectivity index (χ0) is 23.2. The van der Waals surface area contributed by atoms with Gasteiger partial charge in [-0.05, 0) is 30.2 Å². The number of nitrogens with one attached hydrogen (secondary N) is 2. The van der Waals surface area contributed by atoms with Crippen LogP contribution in [0.2, 0.25) is 0 Å². The van der Waals surface area contributed by atoms with Gasteiger partial charge in [0.15, 0.2) is 0 Å². The second-order valence-electron chi connectivity index (χ2n) is 7.63. The van der Waals surface area contributed by atoms with Crippen LogP contribution in [0.1, 0.15) is 11.1 Å². The number of carbonyl (C=O) groups is 1. The summed E-state index contributed by atoms with van der Waals surface area (Å²) in [4.78, 5) is 28.7. The van der Waals surface area contributed by atoms with E-state index in [2.05, 4.69) is 10.3 Å². The number of nitro groups is 1. The lowest BCUT2D eigenvalue weighted by Gasteiger charge is -2.30. The fourth-order valence-corrected chi connectivity index (χ4v) is 3.91. The number of hydrogen-bond acceptors (Lipinski definition) is 6. The third kappa shape index (κ3) is 5.02. The summed E-state index contributed by atoms with van der Waals surface area (Å²) in [5.74, 6) is -0.517. The minimum absolute atomic E-state index is 0.102. The Bertz CT molecular complexity index is 1250. The number of carbonyl (C=O) groups excluding carboxylic acids is 1. The van der Waals surface area contributed by atoms with Crippen LogP contribution < -0.4 is 10.2 Å². The maximum Gasteiger partial charge on any atom is 0.270 e. The summed E-state index contributed by atoms with van der Waals surface area (Å²) in [6, 6.07) is 14.3. The molecule has 1 amide bonds. The first-order valence-electron chi connectivity index (χ1n) is 10.6.